The molecule has 1 saturated heterocycles. The lowest BCUT2D eigenvalue weighted by Gasteiger charge is -2.35. The Kier molecular flexibility index (Phi) is 10.1. The number of aliphatic imine (C=N–C) groups is 1. The highest BCUT2D eigenvalue weighted by atomic mass is 127. The monoisotopic (exact) mass is 550 g/mol. The van der Waals surface area contributed by atoms with Gasteiger partial charge in [-0.2, -0.15) is 0 Å². The average molecular weight is 551 g/mol. The van der Waals surface area contributed by atoms with Crippen LogP contribution < -0.4 is 10.6 Å². The maximum absolute atomic E-state index is 11.6. The second-order valence-corrected chi connectivity index (χ2v) is 8.43. The van der Waals surface area contributed by atoms with Gasteiger partial charge in [0.1, 0.15) is 0 Å². The first-order valence-corrected chi connectivity index (χ1v) is 10.1. The van der Waals surface area contributed by atoms with Crippen molar-refractivity contribution in [3.05, 3.63) is 34.3 Å². The van der Waals surface area contributed by atoms with E-state index in [9.17, 15) is 4.79 Å². The molecule has 1 aliphatic rings. The smallest absolute Gasteiger partial charge is 0.220 e. The molecule has 0 radical (unpaired) electrons. The third-order valence-electron chi connectivity index (χ3n) is 5.17. The zero-order chi connectivity index (χ0) is 19.2. The number of rotatable bonds is 5. The van der Waals surface area contributed by atoms with E-state index in [1.807, 2.05) is 13.1 Å². The molecule has 0 spiro atoms. The Hall–Kier alpha value is -0.830. The van der Waals surface area contributed by atoms with Gasteiger partial charge in [0.15, 0.2) is 5.96 Å². The molecule has 0 atom stereocenters. The molecule has 0 saturated carbocycles. The van der Waals surface area contributed by atoms with Crippen molar-refractivity contribution in [3.63, 3.8) is 0 Å². The summed E-state index contributed by atoms with van der Waals surface area (Å²) in [4.78, 5) is 18.3. The Balaban J connectivity index is 0.00000364. The van der Waals surface area contributed by atoms with E-state index in [4.69, 9.17) is 0 Å². The van der Waals surface area contributed by atoms with Gasteiger partial charge in [0.2, 0.25) is 5.91 Å². The number of piperidine rings is 1. The summed E-state index contributed by atoms with van der Waals surface area (Å²) in [7, 11) is 3.54. The summed E-state index contributed by atoms with van der Waals surface area (Å²) in [5.74, 6) is 1.56. The van der Waals surface area contributed by atoms with Gasteiger partial charge in [-0.05, 0) is 30.4 Å². The van der Waals surface area contributed by atoms with Crippen molar-refractivity contribution in [1.82, 2.24) is 15.5 Å². The lowest BCUT2D eigenvalue weighted by molar-refractivity contribution is -0.121. The fourth-order valence-electron chi connectivity index (χ4n) is 3.45. The number of carbonyl (C=O) groups is 1. The minimum atomic E-state index is -0.0203. The number of nitrogens with one attached hydrogen (secondary N) is 2. The fourth-order valence-corrected chi connectivity index (χ4v) is 4.27. The van der Waals surface area contributed by atoms with Gasteiger partial charge in [-0.3, -0.25) is 9.79 Å². The van der Waals surface area contributed by atoms with Crippen LogP contribution in [0.15, 0.2) is 33.7 Å². The highest BCUT2D eigenvalue weighted by Crippen LogP contribution is 2.29. The zero-order valence-corrected chi connectivity index (χ0v) is 20.6. The van der Waals surface area contributed by atoms with Gasteiger partial charge >= 0.3 is 0 Å². The normalized spacial score (nSPS) is 15.9. The number of hydrogen-bond donors (Lipinski definition) is 2. The summed E-state index contributed by atoms with van der Waals surface area (Å²) >= 11 is 3.66. The molecule has 1 aliphatic heterocycles. The first kappa shape index (κ1) is 24.2. The van der Waals surface area contributed by atoms with Gasteiger partial charge in [-0.1, -0.05) is 48.0 Å². The molecular formula is C20H32BrIN4O. The van der Waals surface area contributed by atoms with Crippen LogP contribution in [0, 0.1) is 5.92 Å². The molecule has 152 valence electrons. The Labute approximate surface area is 188 Å². The minimum Gasteiger partial charge on any atom is -0.359 e. The number of carbonyl (C=O) groups excluding carboxylic acids is 1. The summed E-state index contributed by atoms with van der Waals surface area (Å²) in [5, 5.41) is 6.27. The van der Waals surface area contributed by atoms with Crippen molar-refractivity contribution in [3.8, 4) is 0 Å². The summed E-state index contributed by atoms with van der Waals surface area (Å²) in [6.45, 7) is 7.17. The van der Waals surface area contributed by atoms with Crippen LogP contribution >= 0.6 is 39.9 Å². The summed E-state index contributed by atoms with van der Waals surface area (Å²) < 4.78 is 1.14. The number of amides is 1. The lowest BCUT2D eigenvalue weighted by atomic mass is 9.84. The van der Waals surface area contributed by atoms with Crippen molar-refractivity contribution in [2.45, 2.75) is 38.5 Å². The average Bonchev–Trinajstić information content (AvgIpc) is 2.63. The van der Waals surface area contributed by atoms with Crippen LogP contribution in [0.1, 0.15) is 38.7 Å². The second-order valence-electron chi connectivity index (χ2n) is 7.57. The zero-order valence-electron chi connectivity index (χ0n) is 16.7. The molecule has 0 aliphatic carbocycles. The predicted octanol–water partition coefficient (Wildman–Crippen LogP) is 3.77. The predicted molar refractivity (Wildman–Crippen MR) is 127 cm³/mol. The van der Waals surface area contributed by atoms with Crippen molar-refractivity contribution < 1.29 is 4.79 Å². The maximum atomic E-state index is 11.6. The number of halogens is 2. The molecule has 2 rings (SSSR count). The van der Waals surface area contributed by atoms with Crippen LogP contribution in [0.5, 0.6) is 0 Å². The van der Waals surface area contributed by atoms with Gasteiger partial charge in [0.25, 0.3) is 0 Å². The molecule has 0 aromatic heterocycles. The Morgan fingerprint density at radius 1 is 1.30 bits per heavy atom. The summed E-state index contributed by atoms with van der Waals surface area (Å²) in [6, 6.07) is 8.37. The Morgan fingerprint density at radius 2 is 1.93 bits per heavy atom. The van der Waals surface area contributed by atoms with Crippen LogP contribution in [0.2, 0.25) is 0 Å². The third-order valence-corrected chi connectivity index (χ3v) is 5.86. The van der Waals surface area contributed by atoms with Crippen LogP contribution in [-0.2, 0) is 10.2 Å². The Bertz CT molecular complexity index is 643. The number of likely N-dealkylation sites (tertiary alicyclic amines) is 1. The van der Waals surface area contributed by atoms with Crippen LogP contribution in [0.25, 0.3) is 0 Å². The highest BCUT2D eigenvalue weighted by Gasteiger charge is 2.26. The van der Waals surface area contributed by atoms with E-state index in [2.05, 4.69) is 68.5 Å². The van der Waals surface area contributed by atoms with Gasteiger partial charge in [-0.25, -0.2) is 0 Å². The van der Waals surface area contributed by atoms with E-state index in [0.717, 1.165) is 42.9 Å². The van der Waals surface area contributed by atoms with Gasteiger partial charge in [-0.15, -0.1) is 24.0 Å². The maximum Gasteiger partial charge on any atom is 0.220 e. The van der Waals surface area contributed by atoms with E-state index in [1.54, 1.807) is 7.05 Å². The van der Waals surface area contributed by atoms with Crippen LogP contribution in [-0.4, -0.2) is 50.5 Å². The fraction of sp³-hybridized carbons (Fsp3) is 0.600. The molecule has 7 heteroatoms. The molecule has 2 N–H and O–H groups in total. The van der Waals surface area contributed by atoms with Crippen molar-refractivity contribution in [2.75, 3.05) is 33.7 Å². The summed E-state index contributed by atoms with van der Waals surface area (Å²) in [5.41, 5.74) is 1.26. The number of guanidine groups is 1. The number of hydrogen-bond acceptors (Lipinski definition) is 2. The molecular weight excluding hydrogens is 519 g/mol. The molecule has 1 aromatic carbocycles. The minimum absolute atomic E-state index is 0. The molecule has 0 bridgehead atoms. The van der Waals surface area contributed by atoms with E-state index in [0.29, 0.717) is 12.3 Å². The van der Waals surface area contributed by atoms with E-state index in [-0.39, 0.29) is 35.3 Å². The van der Waals surface area contributed by atoms with Gasteiger partial charge < -0.3 is 15.5 Å². The van der Waals surface area contributed by atoms with Crippen molar-refractivity contribution in [1.29, 1.82) is 0 Å². The number of nitrogens with zero attached hydrogens (tertiary/aromatic N) is 2. The standard InChI is InChI=1S/C20H31BrN4O.HI/c1-20(2,16-7-5-6-8-17(16)21)14-24-19(23-4)25-11-9-15(10-12-25)13-18(26)22-3;/h5-8,15H,9-14H2,1-4H3,(H,22,26)(H,23,24);1H. The second kappa shape index (κ2) is 11.2. The molecule has 1 fully saturated rings. The molecule has 27 heavy (non-hydrogen) atoms. The van der Waals surface area contributed by atoms with E-state index >= 15 is 0 Å². The first-order valence-electron chi connectivity index (χ1n) is 9.28. The highest BCUT2D eigenvalue weighted by molar-refractivity contribution is 14.0. The molecule has 5 nitrogen and oxygen atoms in total. The largest absolute Gasteiger partial charge is 0.359 e. The molecule has 0 unspecified atom stereocenters. The quantitative estimate of drug-likeness (QED) is 0.333. The van der Waals surface area contributed by atoms with Crippen LogP contribution in [0.4, 0.5) is 0 Å². The van der Waals surface area contributed by atoms with E-state index in [1.165, 1.54) is 5.56 Å². The molecule has 1 heterocycles. The SMILES string of the molecule is CN=C(NCC(C)(C)c1ccccc1Br)N1CCC(CC(=O)NC)CC1.I. The van der Waals surface area contributed by atoms with Crippen molar-refractivity contribution in [2.24, 2.45) is 10.9 Å². The third kappa shape index (κ3) is 6.93. The van der Waals surface area contributed by atoms with Gasteiger partial charge in [0, 0.05) is 50.0 Å². The summed E-state index contributed by atoms with van der Waals surface area (Å²) in [6.07, 6.45) is 2.69. The Morgan fingerprint density at radius 3 is 2.48 bits per heavy atom. The van der Waals surface area contributed by atoms with Crippen molar-refractivity contribution >= 4 is 51.8 Å². The van der Waals surface area contributed by atoms with Crippen LogP contribution in [0.3, 0.4) is 0 Å². The molecule has 1 aromatic rings. The topological polar surface area (TPSA) is 56.7 Å². The first-order chi connectivity index (χ1) is 12.4. The van der Waals surface area contributed by atoms with E-state index < -0.39 is 0 Å². The number of benzene rings is 1. The van der Waals surface area contributed by atoms with Gasteiger partial charge in [0.05, 0.1) is 0 Å². The molecule has 1 amide bonds. The lowest BCUT2D eigenvalue weighted by Crippen LogP contribution is -2.48.